The van der Waals surface area contributed by atoms with Crippen LogP contribution in [0.4, 0.5) is 15.8 Å². The molecule has 2 rings (SSSR count). The number of halogens is 1. The largest absolute Gasteiger partial charge is 0.388 e. The summed E-state index contributed by atoms with van der Waals surface area (Å²) in [5.41, 5.74) is 1.52. The third-order valence-electron chi connectivity index (χ3n) is 2.82. The van der Waals surface area contributed by atoms with Crippen LogP contribution in [0.25, 0.3) is 0 Å². The Morgan fingerprint density at radius 3 is 2.30 bits per heavy atom. The first-order chi connectivity index (χ1) is 9.42. The number of hydrogen-bond acceptors (Lipinski definition) is 3. The Morgan fingerprint density at radius 1 is 1.05 bits per heavy atom. The molecule has 0 heterocycles. The lowest BCUT2D eigenvalue weighted by Crippen LogP contribution is -2.14. The number of anilines is 2. The molecule has 0 unspecified atom stereocenters. The number of nitrogens with one attached hydrogen (secondary N) is 2. The van der Waals surface area contributed by atoms with E-state index in [1.807, 2.05) is 0 Å². The first-order valence-corrected chi connectivity index (χ1v) is 7.47. The predicted octanol–water partition coefficient (Wildman–Crippen LogP) is 2.98. The first kappa shape index (κ1) is 14.3. The highest BCUT2D eigenvalue weighted by atomic mass is 32.2. The Labute approximate surface area is 117 Å². The number of benzene rings is 2. The van der Waals surface area contributed by atoms with E-state index < -0.39 is 15.8 Å². The van der Waals surface area contributed by atoms with E-state index in [1.165, 1.54) is 24.3 Å². The van der Waals surface area contributed by atoms with Crippen LogP contribution in [0.3, 0.4) is 0 Å². The van der Waals surface area contributed by atoms with E-state index >= 15 is 0 Å². The molecule has 0 bridgehead atoms. The van der Waals surface area contributed by atoms with E-state index in [2.05, 4.69) is 10.0 Å². The average Bonchev–Trinajstić information content (AvgIpc) is 2.43. The van der Waals surface area contributed by atoms with Crippen LogP contribution in [0.2, 0.25) is 0 Å². The Hall–Kier alpha value is -2.08. The molecule has 2 N–H and O–H groups in total. The van der Waals surface area contributed by atoms with E-state index in [1.54, 1.807) is 32.2 Å². The van der Waals surface area contributed by atoms with Gasteiger partial charge in [-0.1, -0.05) is 6.07 Å². The van der Waals surface area contributed by atoms with Gasteiger partial charge in [0, 0.05) is 12.7 Å². The minimum atomic E-state index is -3.80. The summed E-state index contributed by atoms with van der Waals surface area (Å²) in [5, 5.41) is 2.90. The summed E-state index contributed by atoms with van der Waals surface area (Å²) in [6.07, 6.45) is 0. The van der Waals surface area contributed by atoms with Gasteiger partial charge in [0.1, 0.15) is 5.82 Å². The SMILES string of the molecule is CNc1ccc(S(=O)(=O)Nc2cc(C)ccc2F)cc1. The van der Waals surface area contributed by atoms with Gasteiger partial charge in [-0.2, -0.15) is 0 Å². The van der Waals surface area contributed by atoms with Gasteiger partial charge in [-0.25, -0.2) is 12.8 Å². The molecule has 0 saturated carbocycles. The van der Waals surface area contributed by atoms with E-state index in [0.717, 1.165) is 11.3 Å². The first-order valence-electron chi connectivity index (χ1n) is 5.99. The summed E-state index contributed by atoms with van der Waals surface area (Å²) in [7, 11) is -2.06. The zero-order valence-electron chi connectivity index (χ0n) is 11.1. The molecule has 2 aromatic carbocycles. The van der Waals surface area contributed by atoms with Crippen molar-refractivity contribution in [1.82, 2.24) is 0 Å². The summed E-state index contributed by atoms with van der Waals surface area (Å²) >= 11 is 0. The molecule has 6 heteroatoms. The lowest BCUT2D eigenvalue weighted by Gasteiger charge is -2.10. The van der Waals surface area contributed by atoms with Crippen LogP contribution in [-0.2, 0) is 10.0 Å². The highest BCUT2D eigenvalue weighted by Gasteiger charge is 2.16. The molecule has 0 fully saturated rings. The summed E-state index contributed by atoms with van der Waals surface area (Å²) in [6, 6.07) is 10.5. The van der Waals surface area contributed by atoms with Crippen molar-refractivity contribution in [2.45, 2.75) is 11.8 Å². The van der Waals surface area contributed by atoms with Crippen LogP contribution in [0.1, 0.15) is 5.56 Å². The molecule has 0 radical (unpaired) electrons. The molecule has 0 atom stereocenters. The summed E-state index contributed by atoms with van der Waals surface area (Å²) in [5.74, 6) is -0.606. The lowest BCUT2D eigenvalue weighted by molar-refractivity contribution is 0.598. The van der Waals surface area contributed by atoms with Gasteiger partial charge in [0.2, 0.25) is 0 Å². The second-order valence-electron chi connectivity index (χ2n) is 4.36. The molecule has 4 nitrogen and oxygen atoms in total. The maximum Gasteiger partial charge on any atom is 0.261 e. The molecule has 0 aliphatic rings. The van der Waals surface area contributed by atoms with E-state index in [-0.39, 0.29) is 10.6 Å². The highest BCUT2D eigenvalue weighted by molar-refractivity contribution is 7.92. The zero-order valence-corrected chi connectivity index (χ0v) is 12.0. The Kier molecular flexibility index (Phi) is 3.94. The minimum absolute atomic E-state index is 0.0531. The van der Waals surface area contributed by atoms with Crippen LogP contribution >= 0.6 is 0 Å². The zero-order chi connectivity index (χ0) is 14.8. The van der Waals surface area contributed by atoms with Gasteiger partial charge in [-0.3, -0.25) is 4.72 Å². The third kappa shape index (κ3) is 3.08. The second kappa shape index (κ2) is 5.50. The molecule has 0 amide bonds. The van der Waals surface area contributed by atoms with Crippen LogP contribution < -0.4 is 10.0 Å². The van der Waals surface area contributed by atoms with E-state index in [9.17, 15) is 12.8 Å². The molecular formula is C14H15FN2O2S. The second-order valence-corrected chi connectivity index (χ2v) is 6.05. The van der Waals surface area contributed by atoms with Crippen LogP contribution in [0.5, 0.6) is 0 Å². The topological polar surface area (TPSA) is 58.2 Å². The monoisotopic (exact) mass is 294 g/mol. The molecule has 106 valence electrons. The average molecular weight is 294 g/mol. The quantitative estimate of drug-likeness (QED) is 0.911. The lowest BCUT2D eigenvalue weighted by atomic mass is 10.2. The van der Waals surface area contributed by atoms with E-state index in [0.29, 0.717) is 0 Å². The van der Waals surface area contributed by atoms with Gasteiger partial charge in [-0.15, -0.1) is 0 Å². The maximum absolute atomic E-state index is 13.6. The summed E-state index contributed by atoms with van der Waals surface area (Å²) in [6.45, 7) is 1.76. The van der Waals surface area contributed by atoms with Crippen molar-refractivity contribution in [3.05, 3.63) is 53.8 Å². The molecule has 2 aromatic rings. The highest BCUT2D eigenvalue weighted by Crippen LogP contribution is 2.21. The maximum atomic E-state index is 13.6. The molecule has 0 spiro atoms. The summed E-state index contributed by atoms with van der Waals surface area (Å²) < 4.78 is 40.2. The number of hydrogen-bond donors (Lipinski definition) is 2. The number of aryl methyl sites for hydroxylation is 1. The van der Waals surface area contributed by atoms with Gasteiger partial charge in [0.05, 0.1) is 10.6 Å². The Bertz CT molecular complexity index is 712. The predicted molar refractivity (Wildman–Crippen MR) is 77.9 cm³/mol. The standard InChI is InChI=1S/C14H15FN2O2S/c1-10-3-8-13(15)14(9-10)17-20(18,19)12-6-4-11(16-2)5-7-12/h3-9,16-17H,1-2H3. The fourth-order valence-electron chi connectivity index (χ4n) is 1.72. The van der Waals surface area contributed by atoms with Gasteiger partial charge in [0.15, 0.2) is 0 Å². The molecular weight excluding hydrogens is 279 g/mol. The van der Waals surface area contributed by atoms with Gasteiger partial charge in [0.25, 0.3) is 10.0 Å². The fourth-order valence-corrected chi connectivity index (χ4v) is 2.78. The third-order valence-corrected chi connectivity index (χ3v) is 4.20. The Morgan fingerprint density at radius 2 is 1.70 bits per heavy atom. The Balaban J connectivity index is 2.32. The molecule has 0 saturated heterocycles. The smallest absolute Gasteiger partial charge is 0.261 e. The molecule has 0 aromatic heterocycles. The van der Waals surface area contributed by atoms with Crippen molar-refractivity contribution >= 4 is 21.4 Å². The summed E-state index contributed by atoms with van der Waals surface area (Å²) in [4.78, 5) is 0.0809. The van der Waals surface area contributed by atoms with E-state index in [4.69, 9.17) is 0 Å². The van der Waals surface area contributed by atoms with Crippen molar-refractivity contribution < 1.29 is 12.8 Å². The fraction of sp³-hybridized carbons (Fsp3) is 0.143. The van der Waals surface area contributed by atoms with Crippen molar-refractivity contribution in [2.75, 3.05) is 17.1 Å². The van der Waals surface area contributed by atoms with Gasteiger partial charge in [-0.05, 0) is 48.9 Å². The van der Waals surface area contributed by atoms with Crippen molar-refractivity contribution in [3.63, 3.8) is 0 Å². The molecule has 0 aliphatic heterocycles. The molecule has 0 aliphatic carbocycles. The molecule has 20 heavy (non-hydrogen) atoms. The minimum Gasteiger partial charge on any atom is -0.388 e. The number of rotatable bonds is 4. The van der Waals surface area contributed by atoms with Gasteiger partial charge >= 0.3 is 0 Å². The van der Waals surface area contributed by atoms with Crippen LogP contribution in [0.15, 0.2) is 47.4 Å². The van der Waals surface area contributed by atoms with Crippen molar-refractivity contribution in [1.29, 1.82) is 0 Å². The number of sulfonamides is 1. The van der Waals surface area contributed by atoms with Crippen LogP contribution in [-0.4, -0.2) is 15.5 Å². The normalized spacial score (nSPS) is 11.2. The van der Waals surface area contributed by atoms with Gasteiger partial charge < -0.3 is 5.32 Å². The van der Waals surface area contributed by atoms with Crippen molar-refractivity contribution in [2.24, 2.45) is 0 Å². The van der Waals surface area contributed by atoms with Crippen molar-refractivity contribution in [3.8, 4) is 0 Å². The van der Waals surface area contributed by atoms with Crippen LogP contribution in [0, 0.1) is 12.7 Å².